The van der Waals surface area contributed by atoms with Crippen LogP contribution in [-0.2, 0) is 7.05 Å². The number of aryl methyl sites for hydroxylation is 3. The largest absolute Gasteiger partial charge is 0.338 e. The summed E-state index contributed by atoms with van der Waals surface area (Å²) in [7, 11) is 1.88. The number of benzene rings is 2. The van der Waals surface area contributed by atoms with Crippen LogP contribution >= 0.6 is 0 Å². The maximum atomic E-state index is 8.99. The monoisotopic (exact) mass is 420 g/mol. The zero-order valence-corrected chi connectivity index (χ0v) is 17.9. The fourth-order valence-corrected chi connectivity index (χ4v) is 3.45. The van der Waals surface area contributed by atoms with Crippen molar-refractivity contribution in [2.24, 2.45) is 7.05 Å². The van der Waals surface area contributed by atoms with Crippen molar-refractivity contribution in [1.82, 2.24) is 19.5 Å². The smallest absolute Gasteiger partial charge is 0.231 e. The van der Waals surface area contributed by atoms with Crippen molar-refractivity contribution in [2.45, 2.75) is 13.8 Å². The SMILES string of the molecule is Cc1cc(/C=C/C#N)cc(C)c1Nc1nc(Nc2ccc(C#N)cc2)nc2c1ncn2C. The van der Waals surface area contributed by atoms with Gasteiger partial charge in [-0.3, -0.25) is 0 Å². The van der Waals surface area contributed by atoms with Gasteiger partial charge in [0.2, 0.25) is 5.95 Å². The molecule has 0 aliphatic carbocycles. The average molecular weight is 420 g/mol. The fourth-order valence-electron chi connectivity index (χ4n) is 3.45. The van der Waals surface area contributed by atoms with Crippen LogP contribution in [0.15, 0.2) is 48.8 Å². The lowest BCUT2D eigenvalue weighted by atomic mass is 10.0. The molecule has 0 spiro atoms. The van der Waals surface area contributed by atoms with E-state index < -0.39 is 0 Å². The summed E-state index contributed by atoms with van der Waals surface area (Å²) in [6.45, 7) is 4.01. The van der Waals surface area contributed by atoms with Gasteiger partial charge in [-0.15, -0.1) is 0 Å². The first-order valence-corrected chi connectivity index (χ1v) is 9.89. The molecule has 2 N–H and O–H groups in total. The topological polar surface area (TPSA) is 115 Å². The van der Waals surface area contributed by atoms with Crippen LogP contribution in [0.2, 0.25) is 0 Å². The molecule has 8 heteroatoms. The molecule has 0 aliphatic heterocycles. The molecule has 0 atom stereocenters. The van der Waals surface area contributed by atoms with E-state index in [4.69, 9.17) is 10.5 Å². The third kappa shape index (κ3) is 4.11. The first-order valence-electron chi connectivity index (χ1n) is 9.89. The van der Waals surface area contributed by atoms with Crippen LogP contribution in [0.1, 0.15) is 22.3 Å². The molecule has 0 fully saturated rings. The number of nitrogens with one attached hydrogen (secondary N) is 2. The molecule has 0 bridgehead atoms. The molecular formula is C24H20N8. The zero-order valence-electron chi connectivity index (χ0n) is 17.9. The van der Waals surface area contributed by atoms with Gasteiger partial charge in [-0.1, -0.05) is 0 Å². The Hall–Kier alpha value is -4.69. The summed E-state index contributed by atoms with van der Waals surface area (Å²) in [6, 6.07) is 15.2. The summed E-state index contributed by atoms with van der Waals surface area (Å²) in [5.41, 5.74) is 6.62. The highest BCUT2D eigenvalue weighted by molar-refractivity contribution is 5.88. The Morgan fingerprint density at radius 1 is 1.00 bits per heavy atom. The molecule has 2 aromatic heterocycles. The van der Waals surface area contributed by atoms with Gasteiger partial charge in [0.1, 0.15) is 0 Å². The number of anilines is 4. The molecule has 0 aliphatic rings. The molecule has 0 radical (unpaired) electrons. The van der Waals surface area contributed by atoms with Gasteiger partial charge in [-0.2, -0.15) is 20.5 Å². The number of hydrogen-bond acceptors (Lipinski definition) is 7. The minimum atomic E-state index is 0.414. The van der Waals surface area contributed by atoms with Gasteiger partial charge in [-0.05, 0) is 73.0 Å². The van der Waals surface area contributed by atoms with Crippen LogP contribution in [0, 0.1) is 36.5 Å². The molecule has 0 amide bonds. The van der Waals surface area contributed by atoms with Crippen LogP contribution < -0.4 is 10.6 Å². The van der Waals surface area contributed by atoms with Gasteiger partial charge in [0, 0.05) is 24.5 Å². The Morgan fingerprint density at radius 3 is 2.38 bits per heavy atom. The van der Waals surface area contributed by atoms with E-state index in [0.29, 0.717) is 28.5 Å². The average Bonchev–Trinajstić information content (AvgIpc) is 3.16. The van der Waals surface area contributed by atoms with Gasteiger partial charge in [-0.25, -0.2) is 4.98 Å². The van der Waals surface area contributed by atoms with E-state index in [9.17, 15) is 0 Å². The molecule has 156 valence electrons. The molecule has 0 saturated heterocycles. The Labute approximate surface area is 185 Å². The predicted octanol–water partition coefficient (Wildman–Crippen LogP) is 4.88. The van der Waals surface area contributed by atoms with Crippen molar-refractivity contribution in [2.75, 3.05) is 10.6 Å². The van der Waals surface area contributed by atoms with Gasteiger partial charge >= 0.3 is 0 Å². The Bertz CT molecular complexity index is 1390. The first kappa shape index (κ1) is 20.6. The number of rotatable bonds is 5. The molecule has 4 aromatic rings. The predicted molar refractivity (Wildman–Crippen MR) is 125 cm³/mol. The lowest BCUT2D eigenvalue weighted by Crippen LogP contribution is -2.05. The van der Waals surface area contributed by atoms with Crippen molar-refractivity contribution < 1.29 is 0 Å². The van der Waals surface area contributed by atoms with Gasteiger partial charge in [0.15, 0.2) is 17.0 Å². The highest BCUT2D eigenvalue weighted by Gasteiger charge is 2.15. The van der Waals surface area contributed by atoms with Crippen LogP contribution in [-0.4, -0.2) is 19.5 Å². The Morgan fingerprint density at radius 2 is 1.72 bits per heavy atom. The summed E-state index contributed by atoms with van der Waals surface area (Å²) in [4.78, 5) is 13.7. The minimum absolute atomic E-state index is 0.414. The summed E-state index contributed by atoms with van der Waals surface area (Å²) in [6.07, 6.45) is 4.95. The second-order valence-corrected chi connectivity index (χ2v) is 7.35. The van der Waals surface area contributed by atoms with Gasteiger partial charge in [0.05, 0.1) is 24.0 Å². The second-order valence-electron chi connectivity index (χ2n) is 7.35. The number of nitriles is 2. The highest BCUT2D eigenvalue weighted by Crippen LogP contribution is 2.30. The van der Waals surface area contributed by atoms with Crippen molar-refractivity contribution in [1.29, 1.82) is 10.5 Å². The van der Waals surface area contributed by atoms with Gasteiger partial charge in [0.25, 0.3) is 0 Å². The van der Waals surface area contributed by atoms with E-state index in [0.717, 1.165) is 28.1 Å². The zero-order chi connectivity index (χ0) is 22.7. The van der Waals surface area contributed by atoms with Crippen LogP contribution in [0.25, 0.3) is 17.2 Å². The summed E-state index contributed by atoms with van der Waals surface area (Å²) >= 11 is 0. The molecule has 0 unspecified atom stereocenters. The van der Waals surface area contributed by atoms with Crippen molar-refractivity contribution >= 4 is 40.4 Å². The van der Waals surface area contributed by atoms with Crippen LogP contribution in [0.3, 0.4) is 0 Å². The Kier molecular flexibility index (Phi) is 5.52. The fraction of sp³-hybridized carbons (Fsp3) is 0.125. The Balaban J connectivity index is 1.73. The van der Waals surface area contributed by atoms with Crippen molar-refractivity contribution in [3.05, 3.63) is 71.1 Å². The molecular weight excluding hydrogens is 400 g/mol. The van der Waals surface area contributed by atoms with Crippen molar-refractivity contribution in [3.8, 4) is 12.1 Å². The highest BCUT2D eigenvalue weighted by atomic mass is 15.2. The molecule has 4 rings (SSSR count). The molecule has 8 nitrogen and oxygen atoms in total. The van der Waals surface area contributed by atoms with Gasteiger partial charge < -0.3 is 15.2 Å². The summed E-state index contributed by atoms with van der Waals surface area (Å²) in [5, 5.41) is 24.4. The normalized spacial score (nSPS) is 10.8. The minimum Gasteiger partial charge on any atom is -0.338 e. The number of hydrogen-bond donors (Lipinski definition) is 2. The van der Waals surface area contributed by atoms with E-state index in [-0.39, 0.29) is 0 Å². The standard InChI is InChI=1S/C24H20N8/c1-15-11-18(5-4-10-25)12-16(2)20(15)29-22-21-23(32(3)14-27-21)31-24(30-22)28-19-8-6-17(13-26)7-9-19/h4-9,11-12,14H,1-3H3,(H2,28,29,30,31)/b5-4+. The summed E-state index contributed by atoms with van der Waals surface area (Å²) in [5.74, 6) is 0.996. The van der Waals surface area contributed by atoms with Crippen molar-refractivity contribution in [3.63, 3.8) is 0 Å². The summed E-state index contributed by atoms with van der Waals surface area (Å²) < 4.78 is 1.83. The van der Waals surface area contributed by atoms with Crippen LogP contribution in [0.4, 0.5) is 23.1 Å². The lowest BCUT2D eigenvalue weighted by Gasteiger charge is -2.15. The third-order valence-corrected chi connectivity index (χ3v) is 4.98. The first-order chi connectivity index (χ1) is 15.5. The number of fused-ring (bicyclic) bond motifs is 1. The van der Waals surface area contributed by atoms with Crippen LogP contribution in [0.5, 0.6) is 0 Å². The number of allylic oxidation sites excluding steroid dienone is 1. The maximum Gasteiger partial charge on any atom is 0.231 e. The molecule has 0 saturated carbocycles. The van der Waals surface area contributed by atoms with E-state index in [1.54, 1.807) is 24.5 Å². The van der Waals surface area contributed by atoms with E-state index >= 15 is 0 Å². The second kappa shape index (κ2) is 8.58. The number of imidazole rings is 1. The quantitative estimate of drug-likeness (QED) is 0.442. The molecule has 2 aromatic carbocycles. The third-order valence-electron chi connectivity index (χ3n) is 4.98. The van der Waals surface area contributed by atoms with E-state index in [1.165, 1.54) is 6.08 Å². The van der Waals surface area contributed by atoms with E-state index in [1.807, 2.05) is 55.8 Å². The lowest BCUT2D eigenvalue weighted by molar-refractivity contribution is 0.929. The maximum absolute atomic E-state index is 8.99. The molecule has 2 heterocycles. The molecule has 32 heavy (non-hydrogen) atoms. The van der Waals surface area contributed by atoms with E-state index in [2.05, 4.69) is 31.7 Å². The number of aromatic nitrogens is 4. The number of nitrogens with zero attached hydrogens (tertiary/aromatic N) is 6.